The van der Waals surface area contributed by atoms with Gasteiger partial charge in [0.15, 0.2) is 29.2 Å². The number of benzene rings is 3. The second-order valence-corrected chi connectivity index (χ2v) is 11.1. The summed E-state index contributed by atoms with van der Waals surface area (Å²) in [4.78, 5) is 35.2. The summed E-state index contributed by atoms with van der Waals surface area (Å²) < 4.78 is 28.5. The van der Waals surface area contributed by atoms with Gasteiger partial charge in [0, 0.05) is 23.4 Å². The average molecular weight is 704 g/mol. The number of esters is 1. The molecule has 15 heteroatoms. The quantitative estimate of drug-likeness (QED) is 0.0355. The van der Waals surface area contributed by atoms with Crippen LogP contribution in [0.25, 0.3) is 0 Å². The Morgan fingerprint density at radius 2 is 1.78 bits per heavy atom. The number of hydrogen-bond acceptors (Lipinski definition) is 12. The van der Waals surface area contributed by atoms with Crippen LogP contribution in [0.2, 0.25) is 0 Å². The van der Waals surface area contributed by atoms with E-state index < -0.39 is 29.2 Å². The first-order chi connectivity index (χ1) is 24.6. The van der Waals surface area contributed by atoms with Crippen LogP contribution >= 0.6 is 0 Å². The number of carbonyl (C=O) groups excluding carboxylic acids is 2. The van der Waals surface area contributed by atoms with Crippen LogP contribution < -0.4 is 35.0 Å². The molecular weight excluding hydrogens is 662 g/mol. The largest absolute Gasteiger partial charge is 0.490 e. The lowest BCUT2D eigenvalue weighted by molar-refractivity contribution is -0.384. The smallest absolute Gasteiger partial charge is 0.337 e. The number of ether oxygens (including phenoxy) is 5. The molecule has 4 N–H and O–H groups in total. The highest BCUT2D eigenvalue weighted by Gasteiger charge is 2.32. The SMILES string of the molecule is C=CCc1cc(/C=N\N[C@@H](O)COc2ccc([C@H]3NC(=O)NC(C)=C3C(=O)OC)cc2OCC)cc(OCC)c1OCc1ccc([N+](=O)[O-])cc1. The molecule has 0 spiro atoms. The second-order valence-electron chi connectivity index (χ2n) is 11.1. The Labute approximate surface area is 295 Å². The van der Waals surface area contributed by atoms with Crippen molar-refractivity contribution >= 4 is 23.9 Å². The molecule has 0 aliphatic carbocycles. The number of non-ortho nitro benzene ring substituents is 1. The third kappa shape index (κ3) is 9.98. The summed E-state index contributed by atoms with van der Waals surface area (Å²) in [6.45, 7) is 9.74. The Morgan fingerprint density at radius 3 is 2.45 bits per heavy atom. The van der Waals surface area contributed by atoms with E-state index in [1.807, 2.05) is 13.0 Å². The first-order valence-electron chi connectivity index (χ1n) is 16.1. The first-order valence-corrected chi connectivity index (χ1v) is 16.1. The number of allylic oxidation sites excluding steroid dienone is 2. The first kappa shape index (κ1) is 37.7. The Hall–Kier alpha value is -6.09. The molecule has 0 aromatic heterocycles. The van der Waals surface area contributed by atoms with Crippen molar-refractivity contribution in [1.82, 2.24) is 16.1 Å². The summed E-state index contributed by atoms with van der Waals surface area (Å²) in [7, 11) is 1.26. The molecule has 51 heavy (non-hydrogen) atoms. The van der Waals surface area contributed by atoms with Crippen molar-refractivity contribution in [2.75, 3.05) is 26.9 Å². The van der Waals surface area contributed by atoms with Gasteiger partial charge in [0.2, 0.25) is 0 Å². The van der Waals surface area contributed by atoms with E-state index in [0.717, 1.165) is 11.1 Å². The molecule has 0 unspecified atom stereocenters. The van der Waals surface area contributed by atoms with Crippen LogP contribution in [0.4, 0.5) is 10.5 Å². The number of nitrogens with zero attached hydrogens (tertiary/aromatic N) is 2. The monoisotopic (exact) mass is 703 g/mol. The predicted octanol–water partition coefficient (Wildman–Crippen LogP) is 4.82. The average Bonchev–Trinajstić information content (AvgIpc) is 3.10. The zero-order valence-electron chi connectivity index (χ0n) is 28.8. The van der Waals surface area contributed by atoms with Crippen molar-refractivity contribution in [3.05, 3.63) is 111 Å². The van der Waals surface area contributed by atoms with Gasteiger partial charge in [0.05, 0.1) is 43.1 Å². The minimum atomic E-state index is -1.21. The molecule has 0 radical (unpaired) electrons. The number of amides is 2. The maximum atomic E-state index is 12.5. The molecule has 3 aromatic carbocycles. The van der Waals surface area contributed by atoms with Crippen LogP contribution in [0.1, 0.15) is 49.1 Å². The lowest BCUT2D eigenvalue weighted by Gasteiger charge is -2.28. The van der Waals surface area contributed by atoms with Gasteiger partial charge >= 0.3 is 12.0 Å². The number of methoxy groups -OCH3 is 1. The highest BCUT2D eigenvalue weighted by molar-refractivity contribution is 5.95. The molecule has 1 aliphatic rings. The zero-order chi connectivity index (χ0) is 36.9. The Balaban J connectivity index is 1.44. The fourth-order valence-electron chi connectivity index (χ4n) is 5.18. The molecule has 2 amide bonds. The minimum Gasteiger partial charge on any atom is -0.490 e. The summed E-state index contributed by atoms with van der Waals surface area (Å²) in [6.07, 6.45) is 2.50. The summed E-state index contributed by atoms with van der Waals surface area (Å²) in [5.74, 6) is 1.07. The van der Waals surface area contributed by atoms with Gasteiger partial charge < -0.3 is 39.4 Å². The number of aliphatic hydroxyl groups is 1. The van der Waals surface area contributed by atoms with Crippen molar-refractivity contribution in [1.29, 1.82) is 0 Å². The number of nitro groups is 1. The van der Waals surface area contributed by atoms with Crippen molar-refractivity contribution in [3.63, 3.8) is 0 Å². The van der Waals surface area contributed by atoms with Gasteiger partial charge in [-0.15, -0.1) is 6.58 Å². The molecule has 0 saturated carbocycles. The molecule has 0 fully saturated rings. The maximum absolute atomic E-state index is 12.5. The minimum absolute atomic E-state index is 0.00554. The van der Waals surface area contributed by atoms with Crippen LogP contribution in [0, 0.1) is 10.1 Å². The molecule has 2 atom stereocenters. The predicted molar refractivity (Wildman–Crippen MR) is 188 cm³/mol. The highest BCUT2D eigenvalue weighted by atomic mass is 16.6. The van der Waals surface area contributed by atoms with Crippen LogP contribution in [-0.4, -0.2) is 61.4 Å². The second kappa shape index (κ2) is 18.1. The van der Waals surface area contributed by atoms with E-state index in [4.69, 9.17) is 23.7 Å². The van der Waals surface area contributed by atoms with Gasteiger partial charge in [0.1, 0.15) is 13.2 Å². The van der Waals surface area contributed by atoms with Crippen LogP contribution in [0.5, 0.6) is 23.0 Å². The molecule has 270 valence electrons. The van der Waals surface area contributed by atoms with Gasteiger partial charge in [-0.1, -0.05) is 12.1 Å². The number of carbonyl (C=O) groups is 2. The number of nitrogens with one attached hydrogen (secondary N) is 3. The summed E-state index contributed by atoms with van der Waals surface area (Å²) in [5.41, 5.74) is 6.01. The van der Waals surface area contributed by atoms with Crippen molar-refractivity contribution in [2.24, 2.45) is 5.10 Å². The summed E-state index contributed by atoms with van der Waals surface area (Å²) in [6, 6.07) is 13.4. The molecular formula is C36H41N5O10. The molecule has 0 bridgehead atoms. The molecule has 4 rings (SSSR count). The van der Waals surface area contributed by atoms with E-state index in [0.29, 0.717) is 59.5 Å². The van der Waals surface area contributed by atoms with Crippen LogP contribution in [0.3, 0.4) is 0 Å². The topological polar surface area (TPSA) is 192 Å². The van der Waals surface area contributed by atoms with Gasteiger partial charge in [0.25, 0.3) is 5.69 Å². The van der Waals surface area contributed by atoms with Crippen molar-refractivity contribution in [2.45, 2.75) is 46.1 Å². The Kier molecular flexibility index (Phi) is 13.4. The van der Waals surface area contributed by atoms with Crippen LogP contribution in [-0.2, 0) is 22.6 Å². The summed E-state index contributed by atoms with van der Waals surface area (Å²) >= 11 is 0. The molecule has 0 saturated heterocycles. The maximum Gasteiger partial charge on any atom is 0.337 e. The van der Waals surface area contributed by atoms with E-state index in [9.17, 15) is 24.8 Å². The number of hydrogen-bond donors (Lipinski definition) is 4. The number of rotatable bonds is 18. The number of nitro benzene ring substituents is 1. The third-order valence-corrected chi connectivity index (χ3v) is 7.46. The van der Waals surface area contributed by atoms with E-state index in [1.54, 1.807) is 56.3 Å². The normalized spacial score (nSPS) is 14.6. The number of urea groups is 1. The highest BCUT2D eigenvalue weighted by Crippen LogP contribution is 2.36. The fourth-order valence-corrected chi connectivity index (χ4v) is 5.18. The lowest BCUT2D eigenvalue weighted by atomic mass is 9.95. The van der Waals surface area contributed by atoms with Gasteiger partial charge in [-0.25, -0.2) is 9.59 Å². The third-order valence-electron chi connectivity index (χ3n) is 7.46. The molecule has 1 aliphatic heterocycles. The van der Waals surface area contributed by atoms with E-state index in [-0.39, 0.29) is 24.5 Å². The van der Waals surface area contributed by atoms with E-state index in [2.05, 4.69) is 27.7 Å². The standard InChI is InChI=1S/C36H41N5O10/c1-6-9-26-16-24(17-30(49-8-3)34(26)51-20-23-10-13-27(14-11-23)41(45)46)19-37-40-31(42)21-50-28-15-12-25(18-29(28)48-7-2)33-32(35(43)47-5)22(4)38-36(44)39-33/h6,10-19,31,33,40,42H,1,7-9,20-21H2,2-5H3,(H2,38,39,44)/b37-19-/t31-,33+/m0/s1. The lowest BCUT2D eigenvalue weighted by Crippen LogP contribution is -2.45. The van der Waals surface area contributed by atoms with Gasteiger partial charge in [-0.2, -0.15) is 5.10 Å². The van der Waals surface area contributed by atoms with E-state index >= 15 is 0 Å². The van der Waals surface area contributed by atoms with E-state index in [1.165, 1.54) is 25.5 Å². The van der Waals surface area contributed by atoms with Gasteiger partial charge in [-0.05, 0) is 80.3 Å². The molecule has 3 aromatic rings. The molecule has 1 heterocycles. The Bertz CT molecular complexity index is 1790. The zero-order valence-corrected chi connectivity index (χ0v) is 28.8. The van der Waals surface area contributed by atoms with Crippen molar-refractivity contribution in [3.8, 4) is 23.0 Å². The number of hydrazone groups is 1. The van der Waals surface area contributed by atoms with Gasteiger partial charge in [-0.3, -0.25) is 15.5 Å². The Morgan fingerprint density at radius 1 is 1.06 bits per heavy atom. The molecule has 15 nitrogen and oxygen atoms in total. The van der Waals surface area contributed by atoms with Crippen molar-refractivity contribution < 1.29 is 43.3 Å². The number of aliphatic hydroxyl groups excluding tert-OH is 1. The summed E-state index contributed by atoms with van der Waals surface area (Å²) in [5, 5.41) is 31.1. The fraction of sp³-hybridized carbons (Fsp3) is 0.306. The van der Waals surface area contributed by atoms with Crippen LogP contribution in [0.15, 0.2) is 83.6 Å².